The predicted molar refractivity (Wildman–Crippen MR) is 137 cm³/mol. The first-order valence-corrected chi connectivity index (χ1v) is 11.9. The number of hydrazone groups is 1. The van der Waals surface area contributed by atoms with E-state index in [2.05, 4.69) is 93.2 Å². The number of nitrogens with zero attached hydrogens (tertiary/aromatic N) is 3. The molecule has 1 N–H and O–H groups in total. The molecule has 2 heterocycles. The lowest BCUT2D eigenvalue weighted by Crippen LogP contribution is -2.37. The molecule has 0 fully saturated rings. The van der Waals surface area contributed by atoms with Gasteiger partial charge in [-0.15, -0.1) is 0 Å². The lowest BCUT2D eigenvalue weighted by molar-refractivity contribution is -0.114. The summed E-state index contributed by atoms with van der Waals surface area (Å²) in [5.41, 5.74) is 8.12. The molecule has 0 bridgehead atoms. The SMILES string of the molecule is C=C1NC(=O)C=NN1c1cc(C)c(C(Sc2ccc(CC)cn2)c2ccc(C)cc2)c(C)c1. The van der Waals surface area contributed by atoms with E-state index in [0.717, 1.165) is 28.3 Å². The van der Waals surface area contributed by atoms with E-state index in [4.69, 9.17) is 4.98 Å². The minimum Gasteiger partial charge on any atom is -0.306 e. The maximum atomic E-state index is 11.6. The summed E-state index contributed by atoms with van der Waals surface area (Å²) in [5.74, 6) is 0.178. The Morgan fingerprint density at radius 2 is 1.76 bits per heavy atom. The zero-order valence-electron chi connectivity index (χ0n) is 19.4. The van der Waals surface area contributed by atoms with Crippen molar-refractivity contribution < 1.29 is 4.79 Å². The number of carbonyl (C=O) groups excluding carboxylic acids is 1. The van der Waals surface area contributed by atoms with Gasteiger partial charge in [0.15, 0.2) is 0 Å². The average Bonchev–Trinajstić information content (AvgIpc) is 2.79. The Morgan fingerprint density at radius 3 is 2.33 bits per heavy atom. The summed E-state index contributed by atoms with van der Waals surface area (Å²) in [6.45, 7) is 12.4. The molecule has 1 aliphatic heterocycles. The van der Waals surface area contributed by atoms with Crippen molar-refractivity contribution in [2.75, 3.05) is 5.01 Å². The van der Waals surface area contributed by atoms with Crippen LogP contribution in [0.2, 0.25) is 0 Å². The molecule has 3 aromatic rings. The topological polar surface area (TPSA) is 57.6 Å². The number of aryl methyl sites for hydroxylation is 4. The van der Waals surface area contributed by atoms with Crippen LogP contribution < -0.4 is 10.3 Å². The van der Waals surface area contributed by atoms with Gasteiger partial charge in [-0.25, -0.2) is 9.99 Å². The molecule has 0 saturated heterocycles. The maximum absolute atomic E-state index is 11.6. The Hall–Kier alpha value is -3.38. The van der Waals surface area contributed by atoms with E-state index in [-0.39, 0.29) is 11.2 Å². The third-order valence-electron chi connectivity index (χ3n) is 5.72. The van der Waals surface area contributed by atoms with E-state index in [1.165, 1.54) is 28.5 Å². The first-order chi connectivity index (χ1) is 15.9. The highest BCUT2D eigenvalue weighted by Gasteiger charge is 2.23. The number of amides is 1. The number of thioether (sulfide) groups is 1. The van der Waals surface area contributed by atoms with Gasteiger partial charge in [-0.2, -0.15) is 5.10 Å². The van der Waals surface area contributed by atoms with Crippen molar-refractivity contribution in [3.05, 3.63) is 101 Å². The summed E-state index contributed by atoms with van der Waals surface area (Å²) >= 11 is 1.76. The molecule has 2 aromatic carbocycles. The number of carbonyl (C=O) groups is 1. The van der Waals surface area contributed by atoms with Crippen LogP contribution in [0, 0.1) is 20.8 Å². The van der Waals surface area contributed by atoms with Crippen molar-refractivity contribution in [3.8, 4) is 0 Å². The zero-order valence-corrected chi connectivity index (χ0v) is 20.2. The number of hydrogen-bond acceptors (Lipinski definition) is 5. The fourth-order valence-corrected chi connectivity index (χ4v) is 5.25. The minimum atomic E-state index is -0.265. The molecule has 168 valence electrons. The summed E-state index contributed by atoms with van der Waals surface area (Å²) in [4.78, 5) is 16.3. The molecule has 1 unspecified atom stereocenters. The van der Waals surface area contributed by atoms with Gasteiger partial charge in [0.1, 0.15) is 12.0 Å². The highest BCUT2D eigenvalue weighted by Crippen LogP contribution is 2.43. The Balaban J connectivity index is 1.75. The molecule has 1 amide bonds. The van der Waals surface area contributed by atoms with Gasteiger partial charge in [-0.1, -0.05) is 61.2 Å². The number of nitrogens with one attached hydrogen (secondary N) is 1. The second kappa shape index (κ2) is 9.63. The molecule has 0 aliphatic carbocycles. The smallest absolute Gasteiger partial charge is 0.269 e. The van der Waals surface area contributed by atoms with Gasteiger partial charge in [-0.3, -0.25) is 4.79 Å². The van der Waals surface area contributed by atoms with Crippen LogP contribution in [0.15, 0.2) is 77.3 Å². The molecule has 33 heavy (non-hydrogen) atoms. The van der Waals surface area contributed by atoms with E-state index in [0.29, 0.717) is 5.82 Å². The summed E-state index contributed by atoms with van der Waals surface area (Å²) in [6, 6.07) is 17.2. The largest absolute Gasteiger partial charge is 0.306 e. The minimum absolute atomic E-state index is 0.0902. The quantitative estimate of drug-likeness (QED) is 0.473. The van der Waals surface area contributed by atoms with E-state index >= 15 is 0 Å². The number of aromatic nitrogens is 1. The van der Waals surface area contributed by atoms with Gasteiger partial charge in [0.2, 0.25) is 0 Å². The first kappa shape index (κ1) is 22.8. The average molecular weight is 457 g/mol. The summed E-state index contributed by atoms with van der Waals surface area (Å²) in [5, 5.41) is 9.70. The molecule has 6 heteroatoms. The zero-order chi connectivity index (χ0) is 23.5. The fraction of sp³-hybridized carbons (Fsp3) is 0.222. The van der Waals surface area contributed by atoms with Crippen molar-refractivity contribution in [1.29, 1.82) is 0 Å². The van der Waals surface area contributed by atoms with Gasteiger partial charge in [0.25, 0.3) is 5.91 Å². The number of benzene rings is 2. The molecular formula is C27H28N4OS. The Labute approximate surface area is 199 Å². The van der Waals surface area contributed by atoms with Crippen molar-refractivity contribution in [2.24, 2.45) is 5.10 Å². The molecule has 1 aromatic heterocycles. The Bertz CT molecular complexity index is 1190. The van der Waals surface area contributed by atoms with Crippen molar-refractivity contribution in [1.82, 2.24) is 10.3 Å². The fourth-order valence-electron chi connectivity index (χ4n) is 3.96. The van der Waals surface area contributed by atoms with Crippen LogP contribution in [0.3, 0.4) is 0 Å². The van der Waals surface area contributed by atoms with Gasteiger partial charge in [-0.05, 0) is 73.2 Å². The van der Waals surface area contributed by atoms with Crippen molar-refractivity contribution in [3.63, 3.8) is 0 Å². The first-order valence-electron chi connectivity index (χ1n) is 11.0. The van der Waals surface area contributed by atoms with Gasteiger partial charge < -0.3 is 5.32 Å². The highest BCUT2D eigenvalue weighted by molar-refractivity contribution is 7.99. The molecular weight excluding hydrogens is 428 g/mol. The lowest BCUT2D eigenvalue weighted by atomic mass is 9.94. The maximum Gasteiger partial charge on any atom is 0.269 e. The molecule has 0 radical (unpaired) electrons. The summed E-state index contributed by atoms with van der Waals surface area (Å²) < 4.78 is 0. The monoisotopic (exact) mass is 456 g/mol. The molecule has 1 aliphatic rings. The van der Waals surface area contributed by atoms with Crippen LogP contribution in [-0.2, 0) is 11.2 Å². The number of hydrogen-bond donors (Lipinski definition) is 1. The molecule has 4 rings (SSSR count). The van der Waals surface area contributed by atoms with Gasteiger partial charge >= 0.3 is 0 Å². The van der Waals surface area contributed by atoms with Crippen LogP contribution in [-0.4, -0.2) is 17.1 Å². The molecule has 1 atom stereocenters. The molecule has 0 saturated carbocycles. The van der Waals surface area contributed by atoms with Gasteiger partial charge in [0.05, 0.1) is 16.0 Å². The molecule has 0 spiro atoms. The van der Waals surface area contributed by atoms with E-state index in [1.54, 1.807) is 16.8 Å². The third kappa shape index (κ3) is 5.01. The highest BCUT2D eigenvalue weighted by atomic mass is 32.2. The van der Waals surface area contributed by atoms with Crippen LogP contribution in [0.1, 0.15) is 45.6 Å². The molecule has 5 nitrogen and oxygen atoms in total. The normalized spacial score (nSPS) is 14.4. The van der Waals surface area contributed by atoms with Gasteiger partial charge in [0, 0.05) is 6.20 Å². The number of pyridine rings is 1. The summed E-state index contributed by atoms with van der Waals surface area (Å²) in [6.07, 6.45) is 4.21. The standard InChI is InChI=1S/C27H28N4OS/c1-6-21-9-12-25(28-15-21)33-27(22-10-7-17(2)8-11-22)26-18(3)13-23(14-19(26)4)31-20(5)30-24(32)16-29-31/h7-16,27H,5-6H2,1-4H3,(H,30,32). The Kier molecular flexibility index (Phi) is 6.65. The van der Waals surface area contributed by atoms with E-state index in [1.807, 2.05) is 6.20 Å². The Morgan fingerprint density at radius 1 is 1.06 bits per heavy atom. The lowest BCUT2D eigenvalue weighted by Gasteiger charge is -2.27. The van der Waals surface area contributed by atoms with Crippen LogP contribution in [0.5, 0.6) is 0 Å². The predicted octanol–water partition coefficient (Wildman–Crippen LogP) is 5.84. The second-order valence-corrected chi connectivity index (χ2v) is 9.38. The van der Waals surface area contributed by atoms with E-state index < -0.39 is 0 Å². The number of anilines is 1. The van der Waals surface area contributed by atoms with Crippen molar-refractivity contribution >= 4 is 29.6 Å². The van der Waals surface area contributed by atoms with Crippen LogP contribution in [0.25, 0.3) is 0 Å². The van der Waals surface area contributed by atoms with E-state index in [9.17, 15) is 4.79 Å². The van der Waals surface area contributed by atoms with Crippen LogP contribution in [0.4, 0.5) is 5.69 Å². The second-order valence-electron chi connectivity index (χ2n) is 8.25. The van der Waals surface area contributed by atoms with Crippen molar-refractivity contribution in [2.45, 2.75) is 44.4 Å². The number of rotatable bonds is 6. The third-order valence-corrected chi connectivity index (χ3v) is 6.95. The summed E-state index contributed by atoms with van der Waals surface area (Å²) in [7, 11) is 0. The van der Waals surface area contributed by atoms with Crippen LogP contribution >= 0.6 is 11.8 Å².